The summed E-state index contributed by atoms with van der Waals surface area (Å²) in [6.07, 6.45) is 3.53. The molecular weight excluding hydrogens is 264 g/mol. The van der Waals surface area contributed by atoms with Gasteiger partial charge in [-0.05, 0) is 46.0 Å². The molecule has 1 rings (SSSR count). The molecule has 0 saturated heterocycles. The van der Waals surface area contributed by atoms with Crippen molar-refractivity contribution in [2.24, 2.45) is 5.92 Å². The summed E-state index contributed by atoms with van der Waals surface area (Å²) < 4.78 is 0. The van der Waals surface area contributed by atoms with Crippen molar-refractivity contribution in [3.63, 3.8) is 0 Å². The van der Waals surface area contributed by atoms with Gasteiger partial charge in [0.1, 0.15) is 6.04 Å². The molecule has 1 aliphatic carbocycles. The molecule has 4 heteroatoms. The van der Waals surface area contributed by atoms with Gasteiger partial charge in [-0.15, -0.1) is 0 Å². The van der Waals surface area contributed by atoms with Crippen LogP contribution >= 0.6 is 0 Å². The highest BCUT2D eigenvalue weighted by Crippen LogP contribution is 2.22. The molecule has 0 aromatic heterocycles. The zero-order chi connectivity index (χ0) is 16.0. The molecule has 1 saturated carbocycles. The van der Waals surface area contributed by atoms with Crippen LogP contribution in [0.15, 0.2) is 11.3 Å². The highest BCUT2D eigenvalue weighted by atomic mass is 16.2. The smallest absolute Gasteiger partial charge is 0.245 e. The van der Waals surface area contributed by atoms with E-state index in [1.807, 2.05) is 39.5 Å². The fourth-order valence-corrected chi connectivity index (χ4v) is 2.84. The van der Waals surface area contributed by atoms with E-state index in [0.717, 1.165) is 43.6 Å². The standard InChI is InChI=1S/C17H30N2O2/c1-6-19(7-2)17(21)16(12(3)4)18-13(5)14-10-8-9-11-15(14)20/h12,16,18H,6-11H2,1-5H3/b14-13-. The Balaban J connectivity index is 2.90. The Hall–Kier alpha value is -1.32. The Morgan fingerprint density at radius 2 is 1.76 bits per heavy atom. The highest BCUT2D eigenvalue weighted by Gasteiger charge is 2.27. The third-order valence-electron chi connectivity index (χ3n) is 4.25. The van der Waals surface area contributed by atoms with E-state index < -0.39 is 0 Å². The molecule has 0 aromatic rings. The molecule has 0 heterocycles. The van der Waals surface area contributed by atoms with Crippen molar-refractivity contribution in [2.45, 2.75) is 66.3 Å². The first-order valence-electron chi connectivity index (χ1n) is 8.20. The molecule has 0 bridgehead atoms. The number of Topliss-reactive ketones (excluding diaryl/α,β-unsaturated/α-hetero) is 1. The van der Waals surface area contributed by atoms with Gasteiger partial charge in [0, 0.05) is 30.8 Å². The van der Waals surface area contributed by atoms with Crippen molar-refractivity contribution in [3.8, 4) is 0 Å². The summed E-state index contributed by atoms with van der Waals surface area (Å²) in [6, 6.07) is -0.257. The van der Waals surface area contributed by atoms with Gasteiger partial charge in [-0.3, -0.25) is 9.59 Å². The first kappa shape index (κ1) is 17.7. The van der Waals surface area contributed by atoms with Crippen LogP contribution in [0.4, 0.5) is 0 Å². The molecule has 21 heavy (non-hydrogen) atoms. The summed E-state index contributed by atoms with van der Waals surface area (Å²) >= 11 is 0. The van der Waals surface area contributed by atoms with Crippen LogP contribution < -0.4 is 5.32 Å². The Kier molecular flexibility index (Phi) is 6.93. The minimum Gasteiger partial charge on any atom is -0.377 e. The first-order valence-corrected chi connectivity index (χ1v) is 8.20. The summed E-state index contributed by atoms with van der Waals surface area (Å²) in [6.45, 7) is 11.4. The Bertz CT molecular complexity index is 409. The van der Waals surface area contributed by atoms with Crippen molar-refractivity contribution in [1.82, 2.24) is 10.2 Å². The van der Waals surface area contributed by atoms with E-state index in [2.05, 4.69) is 5.32 Å². The number of amides is 1. The number of nitrogens with zero attached hydrogens (tertiary/aromatic N) is 1. The van der Waals surface area contributed by atoms with Gasteiger partial charge in [0.05, 0.1) is 0 Å². The average molecular weight is 294 g/mol. The van der Waals surface area contributed by atoms with Gasteiger partial charge in [-0.2, -0.15) is 0 Å². The number of carbonyl (C=O) groups excluding carboxylic acids is 2. The van der Waals surface area contributed by atoms with Gasteiger partial charge in [0.15, 0.2) is 5.78 Å². The maximum absolute atomic E-state index is 12.6. The molecule has 1 amide bonds. The fourth-order valence-electron chi connectivity index (χ4n) is 2.84. The van der Waals surface area contributed by atoms with Crippen LogP contribution in [-0.2, 0) is 9.59 Å². The highest BCUT2D eigenvalue weighted by molar-refractivity contribution is 5.96. The molecule has 4 nitrogen and oxygen atoms in total. The maximum Gasteiger partial charge on any atom is 0.245 e. The normalized spacial score (nSPS) is 19.4. The van der Waals surface area contributed by atoms with Crippen LogP contribution in [0.2, 0.25) is 0 Å². The number of allylic oxidation sites excluding steroid dienone is 2. The molecule has 0 aliphatic heterocycles. The molecule has 120 valence electrons. The van der Waals surface area contributed by atoms with E-state index in [4.69, 9.17) is 0 Å². The van der Waals surface area contributed by atoms with Crippen LogP contribution in [0.25, 0.3) is 0 Å². The second-order valence-electron chi connectivity index (χ2n) is 6.11. The van der Waals surface area contributed by atoms with Gasteiger partial charge in [-0.1, -0.05) is 13.8 Å². The predicted molar refractivity (Wildman–Crippen MR) is 85.9 cm³/mol. The first-order chi connectivity index (χ1) is 9.92. The van der Waals surface area contributed by atoms with Crippen LogP contribution in [0.1, 0.15) is 60.3 Å². The predicted octanol–water partition coefficient (Wildman–Crippen LogP) is 2.89. The van der Waals surface area contributed by atoms with Gasteiger partial charge in [-0.25, -0.2) is 0 Å². The Morgan fingerprint density at radius 1 is 1.19 bits per heavy atom. The second-order valence-corrected chi connectivity index (χ2v) is 6.11. The minimum atomic E-state index is -0.257. The lowest BCUT2D eigenvalue weighted by Crippen LogP contribution is -2.49. The summed E-state index contributed by atoms with van der Waals surface area (Å²) in [5.41, 5.74) is 1.78. The van der Waals surface area contributed by atoms with Crippen molar-refractivity contribution in [2.75, 3.05) is 13.1 Å². The summed E-state index contributed by atoms with van der Waals surface area (Å²) in [4.78, 5) is 26.5. The molecule has 1 N–H and O–H groups in total. The monoisotopic (exact) mass is 294 g/mol. The minimum absolute atomic E-state index is 0.123. The number of likely N-dealkylation sites (N-methyl/N-ethyl adjacent to an activating group) is 1. The van der Waals surface area contributed by atoms with E-state index in [1.54, 1.807) is 0 Å². The molecule has 0 aromatic carbocycles. The number of ketones is 1. The zero-order valence-corrected chi connectivity index (χ0v) is 14.2. The number of hydrogen-bond donors (Lipinski definition) is 1. The maximum atomic E-state index is 12.6. The Labute approximate surface area is 129 Å². The third kappa shape index (κ3) is 4.58. The lowest BCUT2D eigenvalue weighted by molar-refractivity contribution is -0.134. The van der Waals surface area contributed by atoms with Gasteiger partial charge in [0.2, 0.25) is 5.91 Å². The zero-order valence-electron chi connectivity index (χ0n) is 14.2. The largest absolute Gasteiger partial charge is 0.377 e. The molecule has 1 unspecified atom stereocenters. The van der Waals surface area contributed by atoms with Crippen LogP contribution in [0.5, 0.6) is 0 Å². The van der Waals surface area contributed by atoms with E-state index in [0.29, 0.717) is 6.42 Å². The lowest BCUT2D eigenvalue weighted by Gasteiger charge is -2.30. The van der Waals surface area contributed by atoms with Crippen molar-refractivity contribution < 1.29 is 9.59 Å². The summed E-state index contributed by atoms with van der Waals surface area (Å²) in [5.74, 6) is 0.551. The van der Waals surface area contributed by atoms with Crippen molar-refractivity contribution in [1.29, 1.82) is 0 Å². The SMILES string of the molecule is CCN(CC)C(=O)C(N/C(C)=C1/CCCCC1=O)C(C)C. The van der Waals surface area contributed by atoms with E-state index in [1.165, 1.54) is 0 Å². The molecular formula is C17H30N2O2. The number of hydrogen-bond acceptors (Lipinski definition) is 3. The summed E-state index contributed by atoms with van der Waals surface area (Å²) in [5, 5.41) is 3.33. The topological polar surface area (TPSA) is 49.4 Å². The van der Waals surface area contributed by atoms with Gasteiger partial charge < -0.3 is 10.2 Å². The molecule has 1 fully saturated rings. The quantitative estimate of drug-likeness (QED) is 0.766. The third-order valence-corrected chi connectivity index (χ3v) is 4.25. The number of rotatable bonds is 6. The Morgan fingerprint density at radius 3 is 2.24 bits per heavy atom. The number of carbonyl (C=O) groups is 2. The molecule has 1 aliphatic rings. The van der Waals surface area contributed by atoms with E-state index in [9.17, 15) is 9.59 Å². The van der Waals surface area contributed by atoms with Gasteiger partial charge >= 0.3 is 0 Å². The van der Waals surface area contributed by atoms with Crippen LogP contribution in [0.3, 0.4) is 0 Å². The second kappa shape index (κ2) is 8.20. The van der Waals surface area contributed by atoms with E-state index in [-0.39, 0.29) is 23.7 Å². The van der Waals surface area contributed by atoms with Crippen LogP contribution in [-0.4, -0.2) is 35.7 Å². The number of nitrogens with one attached hydrogen (secondary N) is 1. The molecule has 0 spiro atoms. The van der Waals surface area contributed by atoms with Gasteiger partial charge in [0.25, 0.3) is 0 Å². The van der Waals surface area contributed by atoms with Crippen molar-refractivity contribution >= 4 is 11.7 Å². The lowest BCUT2D eigenvalue weighted by atomic mass is 9.91. The fraction of sp³-hybridized carbons (Fsp3) is 0.765. The van der Waals surface area contributed by atoms with Crippen LogP contribution in [0, 0.1) is 5.92 Å². The molecule has 1 atom stereocenters. The van der Waals surface area contributed by atoms with Crippen molar-refractivity contribution in [3.05, 3.63) is 11.3 Å². The molecule has 0 radical (unpaired) electrons. The summed E-state index contributed by atoms with van der Waals surface area (Å²) in [7, 11) is 0. The van der Waals surface area contributed by atoms with E-state index >= 15 is 0 Å². The average Bonchev–Trinajstić information content (AvgIpc) is 2.45.